The second-order valence-corrected chi connectivity index (χ2v) is 4.02. The summed E-state index contributed by atoms with van der Waals surface area (Å²) in [5.41, 5.74) is 0.895. The first-order chi connectivity index (χ1) is 6.79. The molecule has 1 atom stereocenters. The van der Waals surface area contributed by atoms with E-state index in [1.807, 2.05) is 6.07 Å². The van der Waals surface area contributed by atoms with Crippen molar-refractivity contribution in [3.05, 3.63) is 34.6 Å². The first-order valence-corrected chi connectivity index (χ1v) is 5.34. The van der Waals surface area contributed by atoms with Gasteiger partial charge in [-0.2, -0.15) is 0 Å². The molecular weight excluding hydrogens is 236 g/mol. The van der Waals surface area contributed by atoms with E-state index in [9.17, 15) is 4.39 Å². The molecule has 4 heteroatoms. The first kappa shape index (κ1) is 12.8. The molecule has 2 rings (SSSR count). The third-order valence-corrected chi connectivity index (χ3v) is 3.07. The van der Waals surface area contributed by atoms with E-state index < -0.39 is 0 Å². The summed E-state index contributed by atoms with van der Waals surface area (Å²) in [7, 11) is 0. The van der Waals surface area contributed by atoms with Crippen LogP contribution in [-0.2, 0) is 0 Å². The number of hydrogen-bond acceptors (Lipinski definition) is 1. The number of nitrogens with one attached hydrogen (secondary N) is 1. The number of piperidine rings is 1. The second kappa shape index (κ2) is 5.69. The van der Waals surface area contributed by atoms with E-state index in [4.69, 9.17) is 11.6 Å². The van der Waals surface area contributed by atoms with E-state index in [1.54, 1.807) is 6.07 Å². The quantitative estimate of drug-likeness (QED) is 0.801. The van der Waals surface area contributed by atoms with Crippen LogP contribution in [0, 0.1) is 5.82 Å². The van der Waals surface area contributed by atoms with Crippen molar-refractivity contribution < 1.29 is 4.39 Å². The molecule has 1 fully saturated rings. The molecule has 1 saturated heterocycles. The Morgan fingerprint density at radius 1 is 1.33 bits per heavy atom. The summed E-state index contributed by atoms with van der Waals surface area (Å²) in [6.07, 6.45) is 3.43. The molecule has 0 aliphatic carbocycles. The van der Waals surface area contributed by atoms with Crippen LogP contribution in [-0.4, -0.2) is 6.54 Å². The Morgan fingerprint density at radius 3 is 2.80 bits per heavy atom. The maximum absolute atomic E-state index is 13.2. The van der Waals surface area contributed by atoms with Crippen molar-refractivity contribution in [3.8, 4) is 0 Å². The third-order valence-electron chi connectivity index (χ3n) is 2.67. The van der Waals surface area contributed by atoms with Crippen LogP contribution in [0.25, 0.3) is 0 Å². The van der Waals surface area contributed by atoms with E-state index in [-0.39, 0.29) is 29.3 Å². The first-order valence-electron chi connectivity index (χ1n) is 4.96. The molecule has 0 saturated carbocycles. The SMILES string of the molecule is Cl.Fc1cccc([C@@H]2CCCCN2)c1Cl. The van der Waals surface area contributed by atoms with Gasteiger partial charge in [-0.1, -0.05) is 30.2 Å². The minimum Gasteiger partial charge on any atom is -0.310 e. The molecule has 0 bridgehead atoms. The lowest BCUT2D eigenvalue weighted by Crippen LogP contribution is -2.27. The van der Waals surface area contributed by atoms with E-state index in [0.29, 0.717) is 0 Å². The molecule has 0 spiro atoms. The van der Waals surface area contributed by atoms with Crippen molar-refractivity contribution in [1.29, 1.82) is 0 Å². The zero-order valence-electron chi connectivity index (χ0n) is 8.30. The average molecular weight is 250 g/mol. The highest BCUT2D eigenvalue weighted by molar-refractivity contribution is 6.31. The molecule has 0 unspecified atom stereocenters. The minimum absolute atomic E-state index is 0. The Morgan fingerprint density at radius 2 is 2.13 bits per heavy atom. The van der Waals surface area contributed by atoms with Crippen molar-refractivity contribution in [3.63, 3.8) is 0 Å². The van der Waals surface area contributed by atoms with Gasteiger partial charge in [0.05, 0.1) is 5.02 Å². The fourth-order valence-corrected chi connectivity index (χ4v) is 2.16. The second-order valence-electron chi connectivity index (χ2n) is 3.65. The summed E-state index contributed by atoms with van der Waals surface area (Å²) >= 11 is 5.91. The van der Waals surface area contributed by atoms with Crippen LogP contribution in [0.2, 0.25) is 5.02 Å². The van der Waals surface area contributed by atoms with Gasteiger partial charge in [-0.3, -0.25) is 0 Å². The number of benzene rings is 1. The van der Waals surface area contributed by atoms with E-state index >= 15 is 0 Å². The van der Waals surface area contributed by atoms with Crippen LogP contribution in [0.1, 0.15) is 30.9 Å². The minimum atomic E-state index is -0.323. The molecule has 1 nitrogen and oxygen atoms in total. The molecule has 1 aliphatic rings. The smallest absolute Gasteiger partial charge is 0.142 e. The number of halogens is 3. The lowest BCUT2D eigenvalue weighted by Gasteiger charge is -2.24. The van der Waals surface area contributed by atoms with Crippen molar-refractivity contribution >= 4 is 24.0 Å². The van der Waals surface area contributed by atoms with Gasteiger partial charge in [0.1, 0.15) is 5.82 Å². The maximum Gasteiger partial charge on any atom is 0.142 e. The summed E-state index contributed by atoms with van der Waals surface area (Å²) in [6.45, 7) is 0.998. The molecule has 1 aliphatic heterocycles. The highest BCUT2D eigenvalue weighted by atomic mass is 35.5. The van der Waals surface area contributed by atoms with E-state index in [0.717, 1.165) is 18.5 Å². The van der Waals surface area contributed by atoms with Crippen molar-refractivity contribution in [2.75, 3.05) is 6.54 Å². The molecular formula is C11H14Cl2FN. The van der Waals surface area contributed by atoms with Gasteiger partial charge in [0.2, 0.25) is 0 Å². The Labute approximate surface area is 100 Å². The van der Waals surface area contributed by atoms with Gasteiger partial charge < -0.3 is 5.32 Å². The fourth-order valence-electron chi connectivity index (χ4n) is 1.91. The summed E-state index contributed by atoms with van der Waals surface area (Å²) in [5.74, 6) is -0.323. The lowest BCUT2D eigenvalue weighted by molar-refractivity contribution is 0.411. The molecule has 84 valence electrons. The number of rotatable bonds is 1. The van der Waals surface area contributed by atoms with Crippen LogP contribution in [0.4, 0.5) is 4.39 Å². The van der Waals surface area contributed by atoms with Crippen LogP contribution >= 0.6 is 24.0 Å². The summed E-state index contributed by atoms with van der Waals surface area (Å²) in [4.78, 5) is 0. The standard InChI is InChI=1S/C11H13ClFN.ClH/c12-11-8(4-3-5-9(11)13)10-6-1-2-7-14-10;/h3-5,10,14H,1-2,6-7H2;1H/t10-;/m0./s1. The van der Waals surface area contributed by atoms with Gasteiger partial charge >= 0.3 is 0 Å². The van der Waals surface area contributed by atoms with Gasteiger partial charge in [-0.05, 0) is 31.0 Å². The van der Waals surface area contributed by atoms with Gasteiger partial charge in [-0.25, -0.2) is 4.39 Å². The normalized spacial score (nSPS) is 20.8. The highest BCUT2D eigenvalue weighted by Gasteiger charge is 2.18. The van der Waals surface area contributed by atoms with Gasteiger partial charge in [0, 0.05) is 6.04 Å². The van der Waals surface area contributed by atoms with E-state index in [1.165, 1.54) is 18.9 Å². The predicted molar refractivity (Wildman–Crippen MR) is 63.3 cm³/mol. The summed E-state index contributed by atoms with van der Waals surface area (Å²) in [6, 6.07) is 5.24. The van der Waals surface area contributed by atoms with Crippen LogP contribution in [0.15, 0.2) is 18.2 Å². The van der Waals surface area contributed by atoms with Gasteiger partial charge in [0.25, 0.3) is 0 Å². The molecule has 1 aromatic rings. The van der Waals surface area contributed by atoms with Crippen molar-refractivity contribution in [2.24, 2.45) is 0 Å². The van der Waals surface area contributed by atoms with Crippen LogP contribution in [0.5, 0.6) is 0 Å². The van der Waals surface area contributed by atoms with Crippen molar-refractivity contribution in [1.82, 2.24) is 5.32 Å². The molecule has 0 amide bonds. The summed E-state index contributed by atoms with van der Waals surface area (Å²) < 4.78 is 13.2. The molecule has 0 aromatic heterocycles. The Bertz CT molecular complexity index is 324. The number of hydrogen-bond donors (Lipinski definition) is 1. The molecule has 1 heterocycles. The Hall–Kier alpha value is -0.310. The average Bonchev–Trinajstić information content (AvgIpc) is 2.23. The lowest BCUT2D eigenvalue weighted by atomic mass is 9.97. The van der Waals surface area contributed by atoms with Crippen molar-refractivity contribution in [2.45, 2.75) is 25.3 Å². The predicted octanol–water partition coefficient (Wildman–Crippen LogP) is 3.72. The topological polar surface area (TPSA) is 12.0 Å². The fraction of sp³-hybridized carbons (Fsp3) is 0.455. The van der Waals surface area contributed by atoms with Crippen LogP contribution < -0.4 is 5.32 Å². The van der Waals surface area contributed by atoms with Gasteiger partial charge in [0.15, 0.2) is 0 Å². The van der Waals surface area contributed by atoms with E-state index in [2.05, 4.69) is 5.32 Å². The third kappa shape index (κ3) is 2.83. The highest BCUT2D eigenvalue weighted by Crippen LogP contribution is 2.30. The molecule has 0 radical (unpaired) electrons. The van der Waals surface area contributed by atoms with Crippen LogP contribution in [0.3, 0.4) is 0 Å². The monoisotopic (exact) mass is 249 g/mol. The molecule has 1 N–H and O–H groups in total. The molecule has 15 heavy (non-hydrogen) atoms. The maximum atomic E-state index is 13.2. The van der Waals surface area contributed by atoms with Gasteiger partial charge in [-0.15, -0.1) is 12.4 Å². The largest absolute Gasteiger partial charge is 0.310 e. The Kier molecular flexibility index (Phi) is 4.84. The Balaban J connectivity index is 0.00000112. The zero-order valence-corrected chi connectivity index (χ0v) is 9.87. The molecule has 1 aromatic carbocycles. The summed E-state index contributed by atoms with van der Waals surface area (Å²) in [5, 5.41) is 3.62. The zero-order chi connectivity index (χ0) is 9.97.